The summed E-state index contributed by atoms with van der Waals surface area (Å²) in [5.74, 6) is -0.120. The molecular formula is C23H22Br4F6O4. The van der Waals surface area contributed by atoms with Crippen molar-refractivity contribution in [2.45, 2.75) is 56.7 Å². The molecule has 0 saturated carbocycles. The third-order valence-electron chi connectivity index (χ3n) is 5.50. The van der Waals surface area contributed by atoms with E-state index in [0.29, 0.717) is 37.1 Å². The molecule has 0 aromatic heterocycles. The molecule has 0 aliphatic heterocycles. The van der Waals surface area contributed by atoms with Gasteiger partial charge < -0.3 is 19.7 Å². The number of hydrogen-bond acceptors (Lipinski definition) is 4. The highest BCUT2D eigenvalue weighted by Gasteiger charge is 2.72. The van der Waals surface area contributed by atoms with Gasteiger partial charge in [-0.2, -0.15) is 26.3 Å². The van der Waals surface area contributed by atoms with Crippen molar-refractivity contribution >= 4 is 63.7 Å². The monoisotopic (exact) mass is 792 g/mol. The fraction of sp³-hybridized carbons (Fsp3) is 0.478. The van der Waals surface area contributed by atoms with Gasteiger partial charge in [-0.3, -0.25) is 0 Å². The zero-order chi connectivity index (χ0) is 28.3. The molecule has 2 atom stereocenters. The summed E-state index contributed by atoms with van der Waals surface area (Å²) < 4.78 is 98.1. The fourth-order valence-electron chi connectivity index (χ4n) is 3.41. The Labute approximate surface area is 243 Å². The zero-order valence-electron chi connectivity index (χ0n) is 19.3. The van der Waals surface area contributed by atoms with Gasteiger partial charge in [0.2, 0.25) is 5.41 Å². The Morgan fingerprint density at radius 1 is 0.649 bits per heavy atom. The third-order valence-corrected chi connectivity index (χ3v) is 7.85. The number of ether oxygens (including phenoxy) is 2. The van der Waals surface area contributed by atoms with Crippen molar-refractivity contribution in [3.05, 3.63) is 53.3 Å². The summed E-state index contributed by atoms with van der Waals surface area (Å²) in [5, 5.41) is 19.4. The summed E-state index contributed by atoms with van der Waals surface area (Å²) >= 11 is 12.1. The van der Waals surface area contributed by atoms with E-state index in [0.717, 1.165) is 0 Å². The predicted octanol–water partition coefficient (Wildman–Crippen LogP) is 8.45. The second-order valence-electron chi connectivity index (χ2n) is 8.03. The van der Waals surface area contributed by atoms with Gasteiger partial charge in [0.25, 0.3) is 0 Å². The maximum atomic E-state index is 14.7. The van der Waals surface area contributed by atoms with Gasteiger partial charge in [0, 0.05) is 0 Å². The first-order chi connectivity index (χ1) is 17.0. The van der Waals surface area contributed by atoms with Crippen molar-refractivity contribution in [1.82, 2.24) is 0 Å². The Morgan fingerprint density at radius 2 is 0.919 bits per heavy atom. The molecule has 37 heavy (non-hydrogen) atoms. The van der Waals surface area contributed by atoms with Crippen LogP contribution in [0.1, 0.15) is 37.8 Å². The quantitative estimate of drug-likeness (QED) is 0.237. The van der Waals surface area contributed by atoms with Crippen molar-refractivity contribution in [2.75, 3.05) is 13.2 Å². The minimum Gasteiger partial charge on any atom is -0.489 e. The van der Waals surface area contributed by atoms with Crippen molar-refractivity contribution in [3.63, 3.8) is 0 Å². The van der Waals surface area contributed by atoms with Crippen LogP contribution in [0, 0.1) is 0 Å². The number of alkyl halides is 6. The van der Waals surface area contributed by atoms with Crippen LogP contribution in [0.3, 0.4) is 0 Å². The van der Waals surface area contributed by atoms with E-state index in [4.69, 9.17) is 9.47 Å². The molecule has 0 aliphatic carbocycles. The number of hydrogen-bond donors (Lipinski definition) is 2. The van der Waals surface area contributed by atoms with Crippen LogP contribution in [-0.2, 0) is 5.41 Å². The SMILES string of the molecule is CCC(O)COc1c(Br)cc(C(c2cc(Br)c(OCC(O)CC)c(Br)c2)(C(F)(F)F)C(F)(F)F)cc1Br. The summed E-state index contributed by atoms with van der Waals surface area (Å²) in [7, 11) is 0. The van der Waals surface area contributed by atoms with E-state index >= 15 is 0 Å². The van der Waals surface area contributed by atoms with Crippen LogP contribution < -0.4 is 9.47 Å². The summed E-state index contributed by atoms with van der Waals surface area (Å²) in [6.45, 7) is 2.93. The molecule has 0 aliphatic rings. The fourth-order valence-corrected chi connectivity index (χ4v) is 6.24. The van der Waals surface area contributed by atoms with Gasteiger partial charge in [-0.15, -0.1) is 0 Å². The van der Waals surface area contributed by atoms with Gasteiger partial charge in [0.1, 0.15) is 24.7 Å². The molecule has 0 fully saturated rings. The largest absolute Gasteiger partial charge is 0.489 e. The molecule has 208 valence electrons. The average molecular weight is 796 g/mol. The van der Waals surface area contributed by atoms with Gasteiger partial charge in [-0.25, -0.2) is 0 Å². The Balaban J connectivity index is 2.78. The normalized spacial score (nSPS) is 14.4. The Hall–Kier alpha value is -0.540. The molecule has 0 heterocycles. The lowest BCUT2D eigenvalue weighted by atomic mass is 9.73. The van der Waals surface area contributed by atoms with Gasteiger partial charge in [-0.1, -0.05) is 13.8 Å². The number of aliphatic hydroxyl groups excluding tert-OH is 2. The topological polar surface area (TPSA) is 58.9 Å². The smallest absolute Gasteiger partial charge is 0.411 e. The van der Waals surface area contributed by atoms with Crippen molar-refractivity contribution in [3.8, 4) is 11.5 Å². The van der Waals surface area contributed by atoms with E-state index in [1.807, 2.05) is 0 Å². The number of rotatable bonds is 10. The molecule has 0 bridgehead atoms. The molecule has 2 rings (SSSR count). The Morgan fingerprint density at radius 3 is 1.14 bits per heavy atom. The predicted molar refractivity (Wildman–Crippen MR) is 140 cm³/mol. The minimum absolute atomic E-state index is 0.0601. The number of benzene rings is 2. The van der Waals surface area contributed by atoms with Gasteiger partial charge in [0.15, 0.2) is 0 Å². The third kappa shape index (κ3) is 6.97. The molecule has 0 amide bonds. The molecule has 0 radical (unpaired) electrons. The summed E-state index contributed by atoms with van der Waals surface area (Å²) in [6.07, 6.45) is -12.7. The summed E-state index contributed by atoms with van der Waals surface area (Å²) in [6, 6.07) is 2.79. The standard InChI is InChI=1S/C23H22Br4F6O4/c1-3-13(34)9-36-19-15(24)5-11(6-16(19)25)21(22(28,29)30,23(31,32)33)12-7-17(26)20(18(27)8-12)37-10-14(35)4-2/h5-8,13-14,34-35H,3-4,9-10H2,1-2H3. The van der Waals surface area contributed by atoms with Crippen LogP contribution in [0.2, 0.25) is 0 Å². The second-order valence-corrected chi connectivity index (χ2v) is 11.4. The molecule has 0 spiro atoms. The lowest BCUT2D eigenvalue weighted by Gasteiger charge is -2.39. The maximum absolute atomic E-state index is 14.7. The van der Waals surface area contributed by atoms with E-state index in [2.05, 4.69) is 63.7 Å². The van der Waals surface area contributed by atoms with Gasteiger partial charge in [0.05, 0.1) is 30.1 Å². The lowest BCUT2D eigenvalue weighted by Crippen LogP contribution is -2.54. The van der Waals surface area contributed by atoms with Crippen molar-refractivity contribution in [2.24, 2.45) is 0 Å². The highest BCUT2D eigenvalue weighted by Crippen LogP contribution is 2.58. The Bertz CT molecular complexity index is 962. The van der Waals surface area contributed by atoms with Crippen LogP contribution in [0.25, 0.3) is 0 Å². The van der Waals surface area contributed by atoms with E-state index in [1.54, 1.807) is 13.8 Å². The minimum atomic E-state index is -5.83. The van der Waals surface area contributed by atoms with Gasteiger partial charge >= 0.3 is 12.4 Å². The van der Waals surface area contributed by atoms with Crippen molar-refractivity contribution < 1.29 is 46.0 Å². The van der Waals surface area contributed by atoms with E-state index in [1.165, 1.54) is 0 Å². The zero-order valence-corrected chi connectivity index (χ0v) is 25.6. The van der Waals surface area contributed by atoms with Crippen molar-refractivity contribution in [1.29, 1.82) is 0 Å². The first kappa shape index (κ1) is 32.7. The average Bonchev–Trinajstić information content (AvgIpc) is 2.75. The lowest BCUT2D eigenvalue weighted by molar-refractivity contribution is -0.288. The highest BCUT2D eigenvalue weighted by molar-refractivity contribution is 9.11. The van der Waals surface area contributed by atoms with Crippen LogP contribution in [0.15, 0.2) is 42.2 Å². The van der Waals surface area contributed by atoms with Crippen LogP contribution in [0.4, 0.5) is 26.3 Å². The highest BCUT2D eigenvalue weighted by atomic mass is 79.9. The van der Waals surface area contributed by atoms with Crippen LogP contribution >= 0.6 is 63.7 Å². The van der Waals surface area contributed by atoms with Crippen LogP contribution in [-0.4, -0.2) is 48.0 Å². The van der Waals surface area contributed by atoms with E-state index in [9.17, 15) is 36.6 Å². The maximum Gasteiger partial charge on any atom is 0.411 e. The molecule has 2 aromatic carbocycles. The molecular weight excluding hydrogens is 774 g/mol. The second kappa shape index (κ2) is 12.8. The first-order valence-corrected chi connectivity index (χ1v) is 13.9. The molecule has 2 unspecified atom stereocenters. The van der Waals surface area contributed by atoms with Gasteiger partial charge in [-0.05, 0) is 112 Å². The van der Waals surface area contributed by atoms with Crippen LogP contribution in [0.5, 0.6) is 11.5 Å². The van der Waals surface area contributed by atoms with E-state index in [-0.39, 0.29) is 42.6 Å². The first-order valence-electron chi connectivity index (χ1n) is 10.7. The molecule has 14 heteroatoms. The Kier molecular flexibility index (Phi) is 11.3. The molecule has 2 aromatic rings. The summed E-state index contributed by atoms with van der Waals surface area (Å²) in [4.78, 5) is 0. The number of halogens is 10. The molecule has 2 N–H and O–H groups in total. The summed E-state index contributed by atoms with van der Waals surface area (Å²) in [5.41, 5.74) is -6.69. The molecule has 4 nitrogen and oxygen atoms in total. The van der Waals surface area contributed by atoms with E-state index < -0.39 is 41.1 Å². The number of aliphatic hydroxyl groups is 2. The molecule has 0 saturated heterocycles.